The molecule has 1 heterocycles. The van der Waals surface area contributed by atoms with Crippen molar-refractivity contribution in [3.8, 4) is 0 Å². The van der Waals surface area contributed by atoms with Crippen LogP contribution in [-0.4, -0.2) is 21.0 Å². The van der Waals surface area contributed by atoms with E-state index in [1.807, 2.05) is 30.5 Å². The molecule has 0 amide bonds. The number of thioether (sulfide) groups is 1. The first-order chi connectivity index (χ1) is 7.70. The van der Waals surface area contributed by atoms with E-state index in [9.17, 15) is 0 Å². The van der Waals surface area contributed by atoms with Crippen LogP contribution in [0.1, 0.15) is 5.56 Å². The summed E-state index contributed by atoms with van der Waals surface area (Å²) in [6.45, 7) is 0.541. The highest BCUT2D eigenvalue weighted by molar-refractivity contribution is 7.98. The first-order valence-corrected chi connectivity index (χ1v) is 6.28. The third kappa shape index (κ3) is 2.31. The molecule has 1 aromatic heterocycles. The zero-order chi connectivity index (χ0) is 11.5. The summed E-state index contributed by atoms with van der Waals surface area (Å²) in [6, 6.07) is 7.62. The van der Waals surface area contributed by atoms with Gasteiger partial charge in [-0.2, -0.15) is 4.98 Å². The van der Waals surface area contributed by atoms with Gasteiger partial charge >= 0.3 is 0 Å². The van der Waals surface area contributed by atoms with Gasteiger partial charge in [0.25, 0.3) is 0 Å². The van der Waals surface area contributed by atoms with Crippen LogP contribution in [0.4, 0.5) is 5.95 Å². The minimum absolute atomic E-state index is 0.407. The first-order valence-electron chi connectivity index (χ1n) is 4.68. The molecule has 0 atom stereocenters. The number of anilines is 1. The third-order valence-electron chi connectivity index (χ3n) is 2.14. The van der Waals surface area contributed by atoms with Gasteiger partial charge in [0.1, 0.15) is 0 Å². The summed E-state index contributed by atoms with van der Waals surface area (Å²) in [6.07, 6.45) is 1.91. The van der Waals surface area contributed by atoms with Gasteiger partial charge in [0.05, 0.1) is 6.54 Å². The Labute approximate surface area is 103 Å². The molecule has 0 bridgehead atoms. The van der Waals surface area contributed by atoms with Gasteiger partial charge in [0.15, 0.2) is 0 Å². The molecule has 2 N–H and O–H groups in total. The number of rotatable bonds is 3. The molecule has 1 aromatic carbocycles. The smallest absolute Gasteiger partial charge is 0.219 e. The number of hydrogen-bond acceptors (Lipinski definition) is 4. The molecule has 6 heteroatoms. The quantitative estimate of drug-likeness (QED) is 0.854. The van der Waals surface area contributed by atoms with E-state index in [4.69, 9.17) is 17.3 Å². The molecule has 0 saturated carbocycles. The van der Waals surface area contributed by atoms with Crippen molar-refractivity contribution in [2.75, 3.05) is 12.0 Å². The largest absolute Gasteiger partial charge is 0.368 e. The molecule has 4 nitrogen and oxygen atoms in total. The van der Waals surface area contributed by atoms with Crippen molar-refractivity contribution < 1.29 is 0 Å². The molecule has 0 aliphatic rings. The van der Waals surface area contributed by atoms with Crippen LogP contribution in [-0.2, 0) is 6.54 Å². The van der Waals surface area contributed by atoms with E-state index in [-0.39, 0.29) is 0 Å². The molecule has 84 valence electrons. The maximum atomic E-state index is 6.06. The Kier molecular flexibility index (Phi) is 3.36. The second kappa shape index (κ2) is 4.76. The van der Waals surface area contributed by atoms with Gasteiger partial charge < -0.3 is 5.73 Å². The molecule has 2 aromatic rings. The monoisotopic (exact) mass is 254 g/mol. The van der Waals surface area contributed by atoms with Crippen molar-refractivity contribution in [3.63, 3.8) is 0 Å². The molecular formula is C10H11ClN4S. The zero-order valence-corrected chi connectivity index (χ0v) is 10.3. The van der Waals surface area contributed by atoms with Crippen LogP contribution in [0.2, 0.25) is 5.02 Å². The van der Waals surface area contributed by atoms with E-state index >= 15 is 0 Å². The Bertz CT molecular complexity index is 497. The van der Waals surface area contributed by atoms with Crippen molar-refractivity contribution >= 4 is 29.3 Å². The Morgan fingerprint density at radius 1 is 1.44 bits per heavy atom. The van der Waals surface area contributed by atoms with Gasteiger partial charge in [-0.15, -0.1) is 5.10 Å². The fourth-order valence-electron chi connectivity index (χ4n) is 1.32. The molecule has 0 aliphatic carbocycles. The summed E-state index contributed by atoms with van der Waals surface area (Å²) < 4.78 is 1.65. The molecule has 0 fully saturated rings. The molecule has 0 spiro atoms. The van der Waals surface area contributed by atoms with Crippen LogP contribution in [0, 0.1) is 0 Å². The van der Waals surface area contributed by atoms with E-state index in [0.29, 0.717) is 22.7 Å². The highest BCUT2D eigenvalue weighted by atomic mass is 35.5. The van der Waals surface area contributed by atoms with Crippen molar-refractivity contribution in [2.24, 2.45) is 0 Å². The summed E-state index contributed by atoms with van der Waals surface area (Å²) in [5, 5.41) is 5.63. The number of nitrogen functional groups attached to an aromatic ring is 1. The molecule has 16 heavy (non-hydrogen) atoms. The number of nitrogens with two attached hydrogens (primary N) is 1. The minimum Gasteiger partial charge on any atom is -0.368 e. The summed E-state index contributed by atoms with van der Waals surface area (Å²) in [4.78, 5) is 4.10. The van der Waals surface area contributed by atoms with Gasteiger partial charge in [-0.1, -0.05) is 41.6 Å². The van der Waals surface area contributed by atoms with E-state index in [1.54, 1.807) is 4.68 Å². The van der Waals surface area contributed by atoms with E-state index in [0.717, 1.165) is 5.56 Å². The lowest BCUT2D eigenvalue weighted by atomic mass is 10.2. The summed E-state index contributed by atoms with van der Waals surface area (Å²) in [5.74, 6) is 0.407. The van der Waals surface area contributed by atoms with Crippen LogP contribution in [0.15, 0.2) is 29.4 Å². The summed E-state index contributed by atoms with van der Waals surface area (Å²) >= 11 is 7.52. The molecule has 0 unspecified atom stereocenters. The molecule has 0 saturated heterocycles. The van der Waals surface area contributed by atoms with Crippen LogP contribution >= 0.6 is 23.4 Å². The minimum atomic E-state index is 0.407. The molecule has 0 radical (unpaired) electrons. The second-order valence-corrected chi connectivity index (χ2v) is 4.39. The van der Waals surface area contributed by atoms with Crippen molar-refractivity contribution in [3.05, 3.63) is 34.9 Å². The van der Waals surface area contributed by atoms with Crippen LogP contribution < -0.4 is 5.73 Å². The fourth-order valence-corrected chi connectivity index (χ4v) is 1.88. The third-order valence-corrected chi connectivity index (χ3v) is 3.05. The predicted octanol–water partition coefficient (Wildman–Crippen LogP) is 2.28. The van der Waals surface area contributed by atoms with Gasteiger partial charge in [0.2, 0.25) is 11.1 Å². The van der Waals surface area contributed by atoms with E-state index in [1.165, 1.54) is 11.8 Å². The van der Waals surface area contributed by atoms with Crippen LogP contribution in [0.25, 0.3) is 0 Å². The van der Waals surface area contributed by atoms with Crippen molar-refractivity contribution in [1.82, 2.24) is 14.8 Å². The number of halogens is 1. The Morgan fingerprint density at radius 2 is 2.19 bits per heavy atom. The normalized spacial score (nSPS) is 10.6. The summed E-state index contributed by atoms with van der Waals surface area (Å²) in [5.41, 5.74) is 6.73. The Hall–Kier alpha value is -1.20. The van der Waals surface area contributed by atoms with E-state index < -0.39 is 0 Å². The Morgan fingerprint density at radius 3 is 2.81 bits per heavy atom. The average Bonchev–Trinajstić information content (AvgIpc) is 2.63. The standard InChI is InChI=1S/C10H11ClN4S/c1-16-10-13-9(12)15(14-10)6-7-4-2-3-5-8(7)11/h2-5H,6H2,1H3,(H2,12,13,14). The molecule has 0 aliphatic heterocycles. The van der Waals surface area contributed by atoms with Gasteiger partial charge in [-0.25, -0.2) is 4.68 Å². The highest BCUT2D eigenvalue weighted by Gasteiger charge is 2.07. The van der Waals surface area contributed by atoms with Crippen molar-refractivity contribution in [2.45, 2.75) is 11.7 Å². The number of hydrogen-bond donors (Lipinski definition) is 1. The fraction of sp³-hybridized carbons (Fsp3) is 0.200. The Balaban J connectivity index is 2.27. The molecule has 2 rings (SSSR count). The number of aromatic nitrogens is 3. The lowest BCUT2D eigenvalue weighted by molar-refractivity contribution is 0.675. The summed E-state index contributed by atoms with van der Waals surface area (Å²) in [7, 11) is 0. The van der Waals surface area contributed by atoms with Gasteiger partial charge in [-0.3, -0.25) is 0 Å². The lowest BCUT2D eigenvalue weighted by Crippen LogP contribution is -2.06. The number of benzene rings is 1. The second-order valence-electron chi connectivity index (χ2n) is 3.21. The maximum Gasteiger partial charge on any atom is 0.219 e. The first kappa shape index (κ1) is 11.3. The molecular weight excluding hydrogens is 244 g/mol. The van der Waals surface area contributed by atoms with Crippen molar-refractivity contribution in [1.29, 1.82) is 0 Å². The maximum absolute atomic E-state index is 6.06. The average molecular weight is 255 g/mol. The van der Waals surface area contributed by atoms with Gasteiger partial charge in [0, 0.05) is 5.02 Å². The van der Waals surface area contributed by atoms with Crippen LogP contribution in [0.5, 0.6) is 0 Å². The van der Waals surface area contributed by atoms with Crippen LogP contribution in [0.3, 0.4) is 0 Å². The topological polar surface area (TPSA) is 56.7 Å². The predicted molar refractivity (Wildman–Crippen MR) is 66.8 cm³/mol. The highest BCUT2D eigenvalue weighted by Crippen LogP contribution is 2.18. The van der Waals surface area contributed by atoms with E-state index in [2.05, 4.69) is 10.1 Å². The zero-order valence-electron chi connectivity index (χ0n) is 8.72. The number of nitrogens with zero attached hydrogens (tertiary/aromatic N) is 3. The lowest BCUT2D eigenvalue weighted by Gasteiger charge is -2.04. The van der Waals surface area contributed by atoms with Gasteiger partial charge in [-0.05, 0) is 17.9 Å². The SMILES string of the molecule is CSc1nc(N)n(Cc2ccccc2Cl)n1.